The third-order valence-corrected chi connectivity index (χ3v) is 5.67. The fourth-order valence-electron chi connectivity index (χ4n) is 3.69. The number of H-pyrrole nitrogens is 1. The van der Waals surface area contributed by atoms with Crippen molar-refractivity contribution in [3.05, 3.63) is 59.5 Å². The van der Waals surface area contributed by atoms with Crippen LogP contribution >= 0.6 is 11.6 Å². The molecular formula is C23H21ClF3N3O6. The topological polar surface area (TPSA) is 125 Å². The largest absolute Gasteiger partial charge is 0.542 e. The molecule has 2 aromatic heterocycles. The van der Waals surface area contributed by atoms with Crippen molar-refractivity contribution in [3.8, 4) is 11.3 Å². The van der Waals surface area contributed by atoms with E-state index in [2.05, 4.69) is 10.3 Å². The molecule has 36 heavy (non-hydrogen) atoms. The van der Waals surface area contributed by atoms with Gasteiger partial charge in [-0.05, 0) is 24.3 Å². The summed E-state index contributed by atoms with van der Waals surface area (Å²) in [6.07, 6.45) is -2.69. The number of hydrogen-bond donors (Lipinski definition) is 2. The average Bonchev–Trinajstić information content (AvgIpc) is 3.24. The number of benzene rings is 1. The molecule has 0 aliphatic carbocycles. The number of ether oxygens (including phenoxy) is 2. The molecule has 1 aliphatic rings. The average molecular weight is 528 g/mol. The normalized spacial score (nSPS) is 14.9. The van der Waals surface area contributed by atoms with Gasteiger partial charge in [0.1, 0.15) is 11.5 Å². The summed E-state index contributed by atoms with van der Waals surface area (Å²) in [5.74, 6) is -3.56. The number of aromatic amines is 1. The lowest BCUT2D eigenvalue weighted by Gasteiger charge is -2.34. The first-order valence-electron chi connectivity index (χ1n) is 10.5. The van der Waals surface area contributed by atoms with Crippen LogP contribution in [-0.4, -0.2) is 54.9 Å². The summed E-state index contributed by atoms with van der Waals surface area (Å²) in [6, 6.07) is 13.0. The standard InChI is InChI=1S/C21H20ClN3O4.C2HF3O2/c1-28-20(27)21(8-11-29-12-9-21)24-19(26)18-23-17(14-5-4-6-15(22)13-14)16-7-2-3-10-25(16)18;3-2(4,5)1(6)7/h2-7,10,13H,8-9,11-12H2,1H3,(H,24,26);(H,6,7). The summed E-state index contributed by atoms with van der Waals surface area (Å²) in [4.78, 5) is 37.7. The molecule has 3 heterocycles. The van der Waals surface area contributed by atoms with Crippen molar-refractivity contribution in [3.63, 3.8) is 0 Å². The Kier molecular flexibility index (Phi) is 8.21. The summed E-state index contributed by atoms with van der Waals surface area (Å²) in [5.41, 5.74) is 1.33. The Morgan fingerprint density at radius 1 is 1.17 bits per heavy atom. The maximum Gasteiger partial charge on any atom is 0.430 e. The Balaban J connectivity index is 0.000000454. The third kappa shape index (κ3) is 5.94. The number of pyridine rings is 1. The van der Waals surface area contributed by atoms with Crippen LogP contribution < -0.4 is 14.8 Å². The Hall–Kier alpha value is -3.64. The van der Waals surface area contributed by atoms with Crippen molar-refractivity contribution in [2.24, 2.45) is 0 Å². The second-order valence-electron chi connectivity index (χ2n) is 7.74. The first-order chi connectivity index (χ1) is 17.0. The Labute approximate surface area is 207 Å². The summed E-state index contributed by atoms with van der Waals surface area (Å²) in [7, 11) is 1.32. The van der Waals surface area contributed by atoms with Gasteiger partial charge in [-0.15, -0.1) is 0 Å². The van der Waals surface area contributed by atoms with Crippen LogP contribution in [0.1, 0.15) is 23.5 Å². The quantitative estimate of drug-likeness (QED) is 0.394. The number of alkyl halides is 3. The number of carbonyl (C=O) groups excluding carboxylic acids is 3. The van der Waals surface area contributed by atoms with Crippen LogP contribution in [0.4, 0.5) is 13.2 Å². The third-order valence-electron chi connectivity index (χ3n) is 5.44. The lowest BCUT2D eigenvalue weighted by atomic mass is 9.90. The molecule has 3 aromatic rings. The van der Waals surface area contributed by atoms with Crippen molar-refractivity contribution in [2.75, 3.05) is 20.3 Å². The molecule has 1 fully saturated rings. The zero-order chi connectivity index (χ0) is 26.5. The molecule has 0 bridgehead atoms. The Bertz CT molecular complexity index is 1270. The second kappa shape index (κ2) is 11.0. The smallest absolute Gasteiger partial charge is 0.430 e. The van der Waals surface area contributed by atoms with Gasteiger partial charge in [0.15, 0.2) is 11.2 Å². The molecule has 2 N–H and O–H groups in total. The van der Waals surface area contributed by atoms with Crippen molar-refractivity contribution < 1.29 is 46.5 Å². The number of carboxylic acid groups (broad SMARTS) is 1. The predicted molar refractivity (Wildman–Crippen MR) is 118 cm³/mol. The van der Waals surface area contributed by atoms with Crippen LogP contribution in [0.15, 0.2) is 48.7 Å². The number of aromatic nitrogens is 2. The summed E-state index contributed by atoms with van der Waals surface area (Å²) in [5, 5.41) is 12.3. The number of hydrogen-bond acceptors (Lipinski definition) is 6. The van der Waals surface area contributed by atoms with Crippen molar-refractivity contribution in [2.45, 2.75) is 24.6 Å². The molecule has 1 saturated heterocycles. The van der Waals surface area contributed by atoms with Crippen LogP contribution in [0.2, 0.25) is 5.02 Å². The van der Waals surface area contributed by atoms with Gasteiger partial charge >= 0.3 is 23.9 Å². The number of amides is 1. The van der Waals surface area contributed by atoms with E-state index in [9.17, 15) is 22.8 Å². The first-order valence-corrected chi connectivity index (χ1v) is 10.9. The van der Waals surface area contributed by atoms with Gasteiger partial charge in [0.2, 0.25) is 0 Å². The lowest BCUT2D eigenvalue weighted by Crippen LogP contribution is -2.59. The highest BCUT2D eigenvalue weighted by molar-refractivity contribution is 6.30. The minimum atomic E-state index is -5.19. The summed E-state index contributed by atoms with van der Waals surface area (Å²) in [6.45, 7) is 0.753. The van der Waals surface area contributed by atoms with Crippen molar-refractivity contribution in [1.82, 2.24) is 10.3 Å². The molecule has 192 valence electrons. The van der Waals surface area contributed by atoms with Gasteiger partial charge in [-0.25, -0.2) is 9.78 Å². The molecule has 13 heteroatoms. The number of methoxy groups -OCH3 is 1. The predicted octanol–water partition coefficient (Wildman–Crippen LogP) is 1.82. The van der Waals surface area contributed by atoms with E-state index in [1.807, 2.05) is 36.4 Å². The van der Waals surface area contributed by atoms with Gasteiger partial charge in [0, 0.05) is 36.6 Å². The van der Waals surface area contributed by atoms with E-state index >= 15 is 0 Å². The number of fused-ring (bicyclic) bond motifs is 1. The van der Waals surface area contributed by atoms with Gasteiger partial charge in [-0.2, -0.15) is 17.6 Å². The van der Waals surface area contributed by atoms with Gasteiger partial charge < -0.3 is 24.7 Å². The van der Waals surface area contributed by atoms with E-state index in [0.29, 0.717) is 36.9 Å². The van der Waals surface area contributed by atoms with Gasteiger partial charge in [0.25, 0.3) is 0 Å². The maximum absolute atomic E-state index is 13.2. The van der Waals surface area contributed by atoms with Gasteiger partial charge in [0.05, 0.1) is 13.3 Å². The molecule has 0 unspecified atom stereocenters. The number of esters is 1. The number of aliphatic carboxylic acids is 1. The van der Waals surface area contributed by atoms with Crippen molar-refractivity contribution >= 4 is 35.0 Å². The Morgan fingerprint density at radius 2 is 1.83 bits per heavy atom. The van der Waals surface area contributed by atoms with Crippen LogP contribution in [-0.2, 0) is 19.1 Å². The SMILES string of the molecule is COC(=O)C1(NC(=O)c2[nH]c(-c3cccc(Cl)c3)c3cccc[n+]23)CCOCC1.O=C([O-])C(F)(F)F. The molecule has 0 spiro atoms. The van der Waals surface area contributed by atoms with E-state index in [4.69, 9.17) is 31.0 Å². The fourth-order valence-corrected chi connectivity index (χ4v) is 3.88. The van der Waals surface area contributed by atoms with Crippen LogP contribution in [0.25, 0.3) is 16.8 Å². The summed E-state index contributed by atoms with van der Waals surface area (Å²) >= 11 is 6.15. The molecule has 0 radical (unpaired) electrons. The summed E-state index contributed by atoms with van der Waals surface area (Å²) < 4.78 is 43.6. The minimum Gasteiger partial charge on any atom is -0.542 e. The number of rotatable bonds is 4. The molecular weight excluding hydrogens is 507 g/mol. The van der Waals surface area contributed by atoms with E-state index in [1.165, 1.54) is 7.11 Å². The minimum absolute atomic E-state index is 0.311. The zero-order valence-electron chi connectivity index (χ0n) is 18.9. The molecule has 1 aliphatic heterocycles. The second-order valence-corrected chi connectivity index (χ2v) is 8.18. The number of carboxylic acids is 1. The fraction of sp³-hybridized carbons (Fsp3) is 0.304. The maximum atomic E-state index is 13.2. The number of nitrogens with one attached hydrogen (secondary N) is 2. The highest BCUT2D eigenvalue weighted by Gasteiger charge is 2.44. The van der Waals surface area contributed by atoms with Gasteiger partial charge in [-0.3, -0.25) is 4.79 Å². The molecule has 0 atom stereocenters. The molecule has 9 nitrogen and oxygen atoms in total. The van der Waals surface area contributed by atoms with Crippen LogP contribution in [0.3, 0.4) is 0 Å². The number of carbonyl (C=O) groups is 3. The number of imidazole rings is 1. The van der Waals surface area contributed by atoms with Crippen LogP contribution in [0, 0.1) is 0 Å². The monoisotopic (exact) mass is 527 g/mol. The lowest BCUT2D eigenvalue weighted by molar-refractivity contribution is -0.514. The van der Waals surface area contributed by atoms with Crippen molar-refractivity contribution in [1.29, 1.82) is 0 Å². The molecule has 0 saturated carbocycles. The number of nitrogens with zero attached hydrogens (tertiary/aromatic N) is 1. The molecule has 1 amide bonds. The first kappa shape index (κ1) is 27.0. The number of halogens is 4. The van der Waals surface area contributed by atoms with E-state index in [0.717, 1.165) is 16.8 Å². The van der Waals surface area contributed by atoms with Gasteiger partial charge in [-0.1, -0.05) is 29.8 Å². The van der Waals surface area contributed by atoms with E-state index < -0.39 is 29.6 Å². The zero-order valence-corrected chi connectivity index (χ0v) is 19.6. The molecule has 4 rings (SSSR count). The van der Waals surface area contributed by atoms with E-state index in [-0.39, 0.29) is 0 Å². The van der Waals surface area contributed by atoms with E-state index in [1.54, 1.807) is 16.7 Å². The van der Waals surface area contributed by atoms with Crippen LogP contribution in [0.5, 0.6) is 0 Å². The Morgan fingerprint density at radius 3 is 2.42 bits per heavy atom. The molecule has 1 aromatic carbocycles. The highest BCUT2D eigenvalue weighted by Crippen LogP contribution is 2.26. The highest BCUT2D eigenvalue weighted by atomic mass is 35.5.